The Bertz CT molecular complexity index is 924. The number of nitrogens with zero attached hydrogens (tertiary/aromatic N) is 1. The van der Waals surface area contributed by atoms with Gasteiger partial charge >= 0.3 is 0 Å². The zero-order valence-electron chi connectivity index (χ0n) is 15.4. The van der Waals surface area contributed by atoms with Gasteiger partial charge in [-0.25, -0.2) is 0 Å². The highest BCUT2D eigenvalue weighted by atomic mass is 35.5. The summed E-state index contributed by atoms with van der Waals surface area (Å²) in [6.07, 6.45) is 0.524. The average molecular weight is 401 g/mol. The van der Waals surface area contributed by atoms with Crippen molar-refractivity contribution in [1.29, 1.82) is 0 Å². The van der Waals surface area contributed by atoms with Crippen LogP contribution in [0.5, 0.6) is 5.75 Å². The van der Waals surface area contributed by atoms with Crippen molar-refractivity contribution in [3.8, 4) is 5.75 Å². The fourth-order valence-electron chi connectivity index (χ4n) is 3.30. The van der Waals surface area contributed by atoms with E-state index in [9.17, 15) is 14.7 Å². The van der Waals surface area contributed by atoms with Crippen LogP contribution in [0.15, 0.2) is 54.1 Å². The van der Waals surface area contributed by atoms with Crippen LogP contribution in [0.2, 0.25) is 5.02 Å². The van der Waals surface area contributed by atoms with E-state index in [1.54, 1.807) is 48.5 Å². The highest BCUT2D eigenvalue weighted by Crippen LogP contribution is 2.41. The molecule has 0 aliphatic carbocycles. The maximum absolute atomic E-state index is 12.8. The molecule has 28 heavy (non-hydrogen) atoms. The number of likely N-dealkylation sites (tertiary alicyclic amines) is 1. The van der Waals surface area contributed by atoms with E-state index in [1.165, 1.54) is 12.0 Å². The Hall–Kier alpha value is -2.83. The van der Waals surface area contributed by atoms with Gasteiger partial charge in [0, 0.05) is 17.1 Å². The fourth-order valence-corrected chi connectivity index (χ4v) is 3.54. The van der Waals surface area contributed by atoms with Crippen LogP contribution < -0.4 is 10.5 Å². The number of amides is 1. The summed E-state index contributed by atoms with van der Waals surface area (Å²) in [6.45, 7) is 0.660. The van der Waals surface area contributed by atoms with Crippen LogP contribution in [0, 0.1) is 0 Å². The molecule has 0 spiro atoms. The summed E-state index contributed by atoms with van der Waals surface area (Å²) >= 11 is 6.36. The summed E-state index contributed by atoms with van der Waals surface area (Å²) in [7, 11) is 1.54. The van der Waals surface area contributed by atoms with E-state index in [4.69, 9.17) is 22.1 Å². The number of methoxy groups -OCH3 is 1. The van der Waals surface area contributed by atoms with Crippen molar-refractivity contribution in [3.63, 3.8) is 0 Å². The molecule has 7 heteroatoms. The third kappa shape index (κ3) is 3.61. The Balaban J connectivity index is 2.16. The van der Waals surface area contributed by atoms with Gasteiger partial charge in [-0.05, 0) is 48.9 Å². The van der Waals surface area contributed by atoms with Crippen LogP contribution in [0.4, 0.5) is 0 Å². The van der Waals surface area contributed by atoms with Crippen LogP contribution in [-0.4, -0.2) is 41.9 Å². The van der Waals surface area contributed by atoms with Gasteiger partial charge in [-0.1, -0.05) is 29.8 Å². The molecule has 6 nitrogen and oxygen atoms in total. The molecule has 146 valence electrons. The first-order chi connectivity index (χ1) is 13.5. The maximum atomic E-state index is 12.8. The molecule has 3 N–H and O–H groups in total. The molecule has 1 aliphatic rings. The van der Waals surface area contributed by atoms with Gasteiger partial charge in [0.2, 0.25) is 0 Å². The number of aliphatic hydroxyl groups excluding tert-OH is 1. The van der Waals surface area contributed by atoms with Gasteiger partial charge in [-0.2, -0.15) is 0 Å². The van der Waals surface area contributed by atoms with Crippen LogP contribution in [-0.2, 0) is 9.59 Å². The third-order valence-corrected chi connectivity index (χ3v) is 5.05. The Morgan fingerprint density at radius 1 is 1.18 bits per heavy atom. The molecule has 1 saturated heterocycles. The Kier molecular flexibility index (Phi) is 6.02. The number of aliphatic hydroxyl groups is 1. The molecule has 2 aromatic carbocycles. The van der Waals surface area contributed by atoms with E-state index in [0.29, 0.717) is 34.9 Å². The predicted molar refractivity (Wildman–Crippen MR) is 107 cm³/mol. The lowest BCUT2D eigenvalue weighted by Crippen LogP contribution is -2.31. The fraction of sp³-hybridized carbons (Fsp3) is 0.238. The molecule has 1 aliphatic heterocycles. The number of ether oxygens (including phenoxy) is 1. The van der Waals surface area contributed by atoms with Crippen molar-refractivity contribution in [2.45, 2.75) is 12.5 Å². The quantitative estimate of drug-likeness (QED) is 0.441. The molecule has 1 atom stereocenters. The second-order valence-electron chi connectivity index (χ2n) is 6.38. The number of nitrogens with two attached hydrogens (primary N) is 1. The standard InChI is InChI=1S/C21H21ClN2O4/c1-28-14-9-7-13(8-10-14)19(25)17-18(15-5-2-3-6-16(15)22)24(12-4-11-23)21(27)20(17)26/h2-3,5-10,18,25H,4,11-12,23H2,1H3/b19-17+. The molecule has 0 bridgehead atoms. The maximum Gasteiger partial charge on any atom is 0.295 e. The van der Waals surface area contributed by atoms with E-state index in [0.717, 1.165) is 0 Å². The Morgan fingerprint density at radius 3 is 2.46 bits per heavy atom. The number of benzene rings is 2. The summed E-state index contributed by atoms with van der Waals surface area (Å²) < 4.78 is 5.12. The smallest absolute Gasteiger partial charge is 0.295 e. The van der Waals surface area contributed by atoms with Gasteiger partial charge in [0.1, 0.15) is 11.5 Å². The van der Waals surface area contributed by atoms with Gasteiger partial charge in [-0.3, -0.25) is 9.59 Å². The number of Topliss-reactive ketones (excluding diaryl/α,β-unsaturated/α-hetero) is 1. The largest absolute Gasteiger partial charge is 0.507 e. The number of hydrogen-bond acceptors (Lipinski definition) is 5. The lowest BCUT2D eigenvalue weighted by molar-refractivity contribution is -0.139. The number of carbonyl (C=O) groups excluding carboxylic acids is 2. The average Bonchev–Trinajstić information content (AvgIpc) is 2.96. The molecular formula is C21H21ClN2O4. The van der Waals surface area contributed by atoms with Gasteiger partial charge in [0.05, 0.1) is 18.7 Å². The molecule has 0 radical (unpaired) electrons. The summed E-state index contributed by atoms with van der Waals surface area (Å²) in [5.41, 5.74) is 6.60. The zero-order valence-corrected chi connectivity index (χ0v) is 16.1. The van der Waals surface area contributed by atoms with E-state index in [1.807, 2.05) is 0 Å². The normalized spacial score (nSPS) is 18.5. The number of ketones is 1. The minimum absolute atomic E-state index is 0.0142. The molecule has 3 rings (SSSR count). The molecule has 0 aromatic heterocycles. The van der Waals surface area contributed by atoms with Gasteiger partial charge in [0.25, 0.3) is 11.7 Å². The topological polar surface area (TPSA) is 92.9 Å². The van der Waals surface area contributed by atoms with Crippen molar-refractivity contribution in [2.75, 3.05) is 20.2 Å². The minimum atomic E-state index is -0.776. The third-order valence-electron chi connectivity index (χ3n) is 4.71. The summed E-state index contributed by atoms with van der Waals surface area (Å²) in [5.74, 6) is -1.05. The predicted octanol–water partition coefficient (Wildman–Crippen LogP) is 3.12. The van der Waals surface area contributed by atoms with Crippen molar-refractivity contribution in [1.82, 2.24) is 4.90 Å². The van der Waals surface area contributed by atoms with Crippen molar-refractivity contribution in [2.24, 2.45) is 5.73 Å². The summed E-state index contributed by atoms with van der Waals surface area (Å²) in [6, 6.07) is 12.8. The zero-order chi connectivity index (χ0) is 20.3. The van der Waals surface area contributed by atoms with Gasteiger partial charge in [0.15, 0.2) is 0 Å². The van der Waals surface area contributed by atoms with Crippen molar-refractivity contribution < 1.29 is 19.4 Å². The molecule has 1 heterocycles. The van der Waals surface area contributed by atoms with E-state index >= 15 is 0 Å². The lowest BCUT2D eigenvalue weighted by Gasteiger charge is -2.25. The van der Waals surface area contributed by atoms with Crippen molar-refractivity contribution in [3.05, 3.63) is 70.3 Å². The molecular weight excluding hydrogens is 380 g/mol. The molecule has 2 aromatic rings. The monoisotopic (exact) mass is 400 g/mol. The number of hydrogen-bond donors (Lipinski definition) is 2. The number of halogens is 1. The van der Waals surface area contributed by atoms with Gasteiger partial charge in [-0.15, -0.1) is 0 Å². The lowest BCUT2D eigenvalue weighted by atomic mass is 9.95. The highest BCUT2D eigenvalue weighted by Gasteiger charge is 2.46. The van der Waals surface area contributed by atoms with Crippen LogP contribution >= 0.6 is 11.6 Å². The molecule has 0 saturated carbocycles. The molecule has 1 unspecified atom stereocenters. The van der Waals surface area contributed by atoms with E-state index in [-0.39, 0.29) is 17.9 Å². The summed E-state index contributed by atoms with van der Waals surface area (Å²) in [5, 5.41) is 11.3. The summed E-state index contributed by atoms with van der Waals surface area (Å²) in [4.78, 5) is 26.9. The Morgan fingerprint density at radius 2 is 1.86 bits per heavy atom. The SMILES string of the molecule is COc1ccc(/C(O)=C2\C(=O)C(=O)N(CCCN)C2c2ccccc2Cl)cc1. The van der Waals surface area contributed by atoms with Crippen molar-refractivity contribution >= 4 is 29.1 Å². The first-order valence-electron chi connectivity index (χ1n) is 8.87. The molecule has 1 fully saturated rings. The van der Waals surface area contributed by atoms with Gasteiger partial charge < -0.3 is 20.5 Å². The first-order valence-corrected chi connectivity index (χ1v) is 9.24. The van der Waals surface area contributed by atoms with Crippen LogP contribution in [0.25, 0.3) is 5.76 Å². The second kappa shape index (κ2) is 8.46. The Labute approximate surface area is 168 Å². The van der Waals surface area contributed by atoms with E-state index < -0.39 is 17.7 Å². The number of carbonyl (C=O) groups is 2. The highest BCUT2D eigenvalue weighted by molar-refractivity contribution is 6.47. The molecule has 1 amide bonds. The minimum Gasteiger partial charge on any atom is -0.507 e. The van der Waals surface area contributed by atoms with E-state index in [2.05, 4.69) is 0 Å². The van der Waals surface area contributed by atoms with Crippen LogP contribution in [0.1, 0.15) is 23.6 Å². The number of rotatable bonds is 6. The second-order valence-corrected chi connectivity index (χ2v) is 6.79. The van der Waals surface area contributed by atoms with Crippen LogP contribution in [0.3, 0.4) is 0 Å². The first kappa shape index (κ1) is 19.9.